The maximum Gasteiger partial charge on any atom is 0.133 e. The van der Waals surface area contributed by atoms with Crippen LogP contribution in [0.4, 0.5) is 0 Å². The molecule has 0 aromatic heterocycles. The van der Waals surface area contributed by atoms with Gasteiger partial charge in [-0.1, -0.05) is 42.5 Å². The number of hydrogen-bond donors (Lipinski definition) is 0. The van der Waals surface area contributed by atoms with Gasteiger partial charge in [0.1, 0.15) is 12.4 Å². The first kappa shape index (κ1) is 10.5. The van der Waals surface area contributed by atoms with Crippen molar-refractivity contribution in [2.45, 2.75) is 6.61 Å². The lowest BCUT2D eigenvalue weighted by Crippen LogP contribution is -1.96. The standard InChI is InChI=1S/C13H11IO/c14-12-8-4-5-9-13(12)15-10-11-6-2-1-3-7-11/h1-9H,10H2. The van der Waals surface area contributed by atoms with Gasteiger partial charge in [-0.05, 0) is 40.3 Å². The van der Waals surface area contributed by atoms with Gasteiger partial charge in [0.25, 0.3) is 0 Å². The summed E-state index contributed by atoms with van der Waals surface area (Å²) < 4.78 is 6.86. The summed E-state index contributed by atoms with van der Waals surface area (Å²) in [6.07, 6.45) is 0. The van der Waals surface area contributed by atoms with Gasteiger partial charge in [-0.2, -0.15) is 0 Å². The van der Waals surface area contributed by atoms with Crippen molar-refractivity contribution in [3.8, 4) is 5.75 Å². The molecule has 76 valence electrons. The fourth-order valence-corrected chi connectivity index (χ4v) is 1.84. The second-order valence-corrected chi connectivity index (χ2v) is 4.37. The first-order valence-corrected chi connectivity index (χ1v) is 5.85. The van der Waals surface area contributed by atoms with Crippen LogP contribution in [0.15, 0.2) is 54.6 Å². The van der Waals surface area contributed by atoms with Crippen LogP contribution in [0.5, 0.6) is 5.75 Å². The molecule has 0 unspecified atom stereocenters. The monoisotopic (exact) mass is 310 g/mol. The summed E-state index contributed by atoms with van der Waals surface area (Å²) in [4.78, 5) is 0. The van der Waals surface area contributed by atoms with Gasteiger partial charge in [-0.3, -0.25) is 0 Å². The molecule has 0 spiro atoms. The molecule has 0 radical (unpaired) electrons. The number of halogens is 1. The van der Waals surface area contributed by atoms with Gasteiger partial charge < -0.3 is 4.74 Å². The largest absolute Gasteiger partial charge is 0.488 e. The van der Waals surface area contributed by atoms with Gasteiger partial charge in [0, 0.05) is 0 Å². The van der Waals surface area contributed by atoms with Crippen LogP contribution in [-0.4, -0.2) is 0 Å². The molecule has 1 nitrogen and oxygen atoms in total. The third kappa shape index (κ3) is 2.96. The quantitative estimate of drug-likeness (QED) is 0.782. The number of ether oxygens (including phenoxy) is 1. The Morgan fingerprint density at radius 2 is 1.53 bits per heavy atom. The van der Waals surface area contributed by atoms with Crippen molar-refractivity contribution in [2.75, 3.05) is 0 Å². The molecule has 0 heterocycles. The fraction of sp³-hybridized carbons (Fsp3) is 0.0769. The molecule has 0 fully saturated rings. The number of benzene rings is 2. The summed E-state index contributed by atoms with van der Waals surface area (Å²) in [6.45, 7) is 0.626. The van der Waals surface area contributed by atoms with Crippen LogP contribution in [0.3, 0.4) is 0 Å². The lowest BCUT2D eigenvalue weighted by molar-refractivity contribution is 0.304. The maximum atomic E-state index is 5.72. The van der Waals surface area contributed by atoms with E-state index in [4.69, 9.17) is 4.74 Å². The second-order valence-electron chi connectivity index (χ2n) is 3.20. The summed E-state index contributed by atoms with van der Waals surface area (Å²) in [5.41, 5.74) is 1.19. The van der Waals surface area contributed by atoms with Crippen molar-refractivity contribution in [2.24, 2.45) is 0 Å². The molecule has 0 aliphatic carbocycles. The Hall–Kier alpha value is -1.03. The van der Waals surface area contributed by atoms with Crippen molar-refractivity contribution < 1.29 is 4.74 Å². The highest BCUT2D eigenvalue weighted by atomic mass is 127. The van der Waals surface area contributed by atoms with Crippen LogP contribution < -0.4 is 4.74 Å². The van der Waals surface area contributed by atoms with Crippen molar-refractivity contribution in [1.82, 2.24) is 0 Å². The fourth-order valence-electron chi connectivity index (χ4n) is 1.30. The van der Waals surface area contributed by atoms with Crippen LogP contribution in [0.25, 0.3) is 0 Å². The van der Waals surface area contributed by atoms with E-state index in [9.17, 15) is 0 Å². The highest BCUT2D eigenvalue weighted by molar-refractivity contribution is 14.1. The Kier molecular flexibility index (Phi) is 3.61. The molecule has 0 aliphatic heterocycles. The topological polar surface area (TPSA) is 9.23 Å². The van der Waals surface area contributed by atoms with Gasteiger partial charge in [0.2, 0.25) is 0 Å². The zero-order chi connectivity index (χ0) is 10.5. The Morgan fingerprint density at radius 3 is 2.27 bits per heavy atom. The third-order valence-electron chi connectivity index (χ3n) is 2.07. The van der Waals surface area contributed by atoms with Crippen LogP contribution in [-0.2, 0) is 6.61 Å². The maximum absolute atomic E-state index is 5.72. The van der Waals surface area contributed by atoms with Gasteiger partial charge in [-0.15, -0.1) is 0 Å². The molecular weight excluding hydrogens is 299 g/mol. The molecule has 0 bridgehead atoms. The molecule has 15 heavy (non-hydrogen) atoms. The molecule has 0 atom stereocenters. The minimum atomic E-state index is 0.626. The van der Waals surface area contributed by atoms with Crippen LogP contribution >= 0.6 is 22.6 Å². The summed E-state index contributed by atoms with van der Waals surface area (Å²) in [7, 11) is 0. The van der Waals surface area contributed by atoms with E-state index in [-0.39, 0.29) is 0 Å². The number of rotatable bonds is 3. The lowest BCUT2D eigenvalue weighted by Gasteiger charge is -2.07. The van der Waals surface area contributed by atoms with Crippen LogP contribution in [0.1, 0.15) is 5.56 Å². The van der Waals surface area contributed by atoms with Crippen molar-refractivity contribution >= 4 is 22.6 Å². The molecule has 0 saturated heterocycles. The Labute approximate surface area is 103 Å². The van der Waals surface area contributed by atoms with Crippen molar-refractivity contribution in [1.29, 1.82) is 0 Å². The van der Waals surface area contributed by atoms with E-state index >= 15 is 0 Å². The zero-order valence-electron chi connectivity index (χ0n) is 8.19. The lowest BCUT2D eigenvalue weighted by atomic mass is 10.2. The smallest absolute Gasteiger partial charge is 0.133 e. The molecule has 2 aromatic rings. The predicted molar refractivity (Wildman–Crippen MR) is 69.9 cm³/mol. The minimum Gasteiger partial charge on any atom is -0.488 e. The van der Waals surface area contributed by atoms with E-state index in [2.05, 4.69) is 34.7 Å². The molecule has 2 heteroatoms. The summed E-state index contributed by atoms with van der Waals surface area (Å²) >= 11 is 2.28. The Bertz CT molecular complexity index is 426. The first-order valence-electron chi connectivity index (χ1n) is 4.77. The van der Waals surface area contributed by atoms with E-state index in [0.29, 0.717) is 6.61 Å². The number of hydrogen-bond acceptors (Lipinski definition) is 1. The first-order chi connectivity index (χ1) is 7.36. The SMILES string of the molecule is Ic1ccccc1OCc1ccccc1. The normalized spacial score (nSPS) is 9.93. The zero-order valence-corrected chi connectivity index (χ0v) is 10.3. The minimum absolute atomic E-state index is 0.626. The molecule has 2 rings (SSSR count). The summed E-state index contributed by atoms with van der Waals surface area (Å²) in [5, 5.41) is 0. The molecule has 0 aliphatic rings. The molecule has 2 aromatic carbocycles. The van der Waals surface area contributed by atoms with E-state index < -0.39 is 0 Å². The third-order valence-corrected chi connectivity index (χ3v) is 2.97. The molecule has 0 N–H and O–H groups in total. The predicted octanol–water partition coefficient (Wildman–Crippen LogP) is 3.87. The van der Waals surface area contributed by atoms with Crippen molar-refractivity contribution in [3.05, 3.63) is 63.7 Å². The summed E-state index contributed by atoms with van der Waals surface area (Å²) in [5.74, 6) is 0.946. The van der Waals surface area contributed by atoms with Gasteiger partial charge in [0.15, 0.2) is 0 Å². The molecule has 0 saturated carbocycles. The van der Waals surface area contributed by atoms with E-state index in [1.165, 1.54) is 5.56 Å². The van der Waals surface area contributed by atoms with Gasteiger partial charge >= 0.3 is 0 Å². The highest BCUT2D eigenvalue weighted by Crippen LogP contribution is 2.20. The number of para-hydroxylation sites is 1. The van der Waals surface area contributed by atoms with Crippen molar-refractivity contribution in [3.63, 3.8) is 0 Å². The average molecular weight is 310 g/mol. The average Bonchev–Trinajstić information content (AvgIpc) is 2.29. The molecule has 0 amide bonds. The van der Waals surface area contributed by atoms with E-state index in [1.807, 2.05) is 42.5 Å². The second kappa shape index (κ2) is 5.16. The summed E-state index contributed by atoms with van der Waals surface area (Å²) in [6, 6.07) is 18.2. The Balaban J connectivity index is 2.03. The molecular formula is C13H11IO. The Morgan fingerprint density at radius 1 is 0.867 bits per heavy atom. The van der Waals surface area contributed by atoms with Gasteiger partial charge in [-0.25, -0.2) is 0 Å². The van der Waals surface area contributed by atoms with E-state index in [1.54, 1.807) is 0 Å². The van der Waals surface area contributed by atoms with Crippen LogP contribution in [0.2, 0.25) is 0 Å². The van der Waals surface area contributed by atoms with Gasteiger partial charge in [0.05, 0.1) is 3.57 Å². The van der Waals surface area contributed by atoms with Crippen LogP contribution in [0, 0.1) is 3.57 Å². The highest BCUT2D eigenvalue weighted by Gasteiger charge is 1.98. The van der Waals surface area contributed by atoms with E-state index in [0.717, 1.165) is 9.32 Å².